The van der Waals surface area contributed by atoms with Crippen molar-refractivity contribution in [2.24, 2.45) is 5.92 Å². The number of ether oxygens (including phenoxy) is 1. The number of fused-ring (bicyclic) bond motifs is 1. The third-order valence-corrected chi connectivity index (χ3v) is 4.73. The average Bonchev–Trinajstić information content (AvgIpc) is 3.06. The van der Waals surface area contributed by atoms with Gasteiger partial charge in [0, 0.05) is 51.8 Å². The Hall–Kier alpha value is -1.10. The summed E-state index contributed by atoms with van der Waals surface area (Å²) >= 11 is 1.78. The van der Waals surface area contributed by atoms with E-state index in [2.05, 4.69) is 44.6 Å². The summed E-state index contributed by atoms with van der Waals surface area (Å²) in [5.41, 5.74) is 2.86. The average molecular weight is 290 g/mol. The van der Waals surface area contributed by atoms with Crippen LogP contribution in [-0.4, -0.2) is 29.7 Å². The van der Waals surface area contributed by atoms with Crippen LogP contribution in [0.2, 0.25) is 0 Å². The first-order valence-electron chi connectivity index (χ1n) is 7.21. The maximum absolute atomic E-state index is 5.27. The molecule has 3 rings (SSSR count). The van der Waals surface area contributed by atoms with Crippen molar-refractivity contribution in [1.29, 1.82) is 0 Å². The van der Waals surface area contributed by atoms with Gasteiger partial charge in [0.1, 0.15) is 0 Å². The van der Waals surface area contributed by atoms with E-state index in [1.165, 1.54) is 11.3 Å². The van der Waals surface area contributed by atoms with Crippen LogP contribution in [0.5, 0.6) is 0 Å². The van der Waals surface area contributed by atoms with Gasteiger partial charge in [0.2, 0.25) is 0 Å². The van der Waals surface area contributed by atoms with Crippen molar-refractivity contribution in [1.82, 2.24) is 9.47 Å². The molecule has 0 saturated heterocycles. The molecule has 2 aromatic rings. The Kier molecular flexibility index (Phi) is 4.55. The number of thiophene rings is 1. The predicted octanol–water partition coefficient (Wildman–Crippen LogP) is 3.22. The normalized spacial score (nSPS) is 19.8. The Morgan fingerprint density at radius 2 is 2.30 bits per heavy atom. The molecule has 0 aliphatic carbocycles. The minimum Gasteiger partial charge on any atom is -0.385 e. The number of aromatic nitrogens is 1. The van der Waals surface area contributed by atoms with Crippen molar-refractivity contribution in [3.8, 4) is 0 Å². The van der Waals surface area contributed by atoms with Gasteiger partial charge in [0.05, 0.1) is 0 Å². The zero-order valence-electron chi connectivity index (χ0n) is 12.0. The van der Waals surface area contributed by atoms with E-state index in [9.17, 15) is 0 Å². The van der Waals surface area contributed by atoms with Gasteiger partial charge in [-0.3, -0.25) is 4.90 Å². The molecule has 1 atom stereocenters. The highest BCUT2D eigenvalue weighted by atomic mass is 32.1. The summed E-state index contributed by atoms with van der Waals surface area (Å²) in [6.45, 7) is 5.23. The highest BCUT2D eigenvalue weighted by molar-refractivity contribution is 7.07. The van der Waals surface area contributed by atoms with Crippen molar-refractivity contribution in [3.05, 3.63) is 46.4 Å². The molecule has 2 aromatic heterocycles. The summed E-state index contributed by atoms with van der Waals surface area (Å²) in [6.07, 6.45) is 3.34. The minimum absolute atomic E-state index is 0.669. The van der Waals surface area contributed by atoms with Crippen LogP contribution in [0.3, 0.4) is 0 Å². The maximum atomic E-state index is 5.27. The molecular formula is C16H22N2OS. The van der Waals surface area contributed by atoms with E-state index in [0.717, 1.165) is 39.2 Å². The SMILES string of the molecule is COCCC1CN(Cc2ccsc2)Cc2cccn2C1. The van der Waals surface area contributed by atoms with Crippen molar-refractivity contribution in [3.63, 3.8) is 0 Å². The molecule has 3 heterocycles. The van der Waals surface area contributed by atoms with Crippen LogP contribution in [0.15, 0.2) is 35.2 Å². The van der Waals surface area contributed by atoms with Crippen molar-refractivity contribution >= 4 is 11.3 Å². The van der Waals surface area contributed by atoms with Crippen molar-refractivity contribution in [2.45, 2.75) is 26.1 Å². The Balaban J connectivity index is 1.73. The van der Waals surface area contributed by atoms with E-state index in [4.69, 9.17) is 4.74 Å². The molecule has 1 aliphatic heterocycles. The molecule has 0 radical (unpaired) electrons. The van der Waals surface area contributed by atoms with Crippen LogP contribution in [0, 0.1) is 5.92 Å². The lowest BCUT2D eigenvalue weighted by atomic mass is 10.1. The second-order valence-corrected chi connectivity index (χ2v) is 6.38. The Bertz CT molecular complexity index is 520. The third kappa shape index (κ3) is 3.32. The fourth-order valence-corrected chi connectivity index (χ4v) is 3.65. The van der Waals surface area contributed by atoms with Crippen LogP contribution in [0.1, 0.15) is 17.7 Å². The first kappa shape index (κ1) is 13.9. The van der Waals surface area contributed by atoms with Gasteiger partial charge in [0.25, 0.3) is 0 Å². The van der Waals surface area contributed by atoms with Crippen LogP contribution in [-0.2, 0) is 24.4 Å². The predicted molar refractivity (Wildman–Crippen MR) is 82.8 cm³/mol. The molecule has 0 amide bonds. The van der Waals surface area contributed by atoms with E-state index in [1.54, 1.807) is 18.4 Å². The van der Waals surface area contributed by atoms with E-state index in [1.807, 2.05) is 0 Å². The van der Waals surface area contributed by atoms with Gasteiger partial charge >= 0.3 is 0 Å². The van der Waals surface area contributed by atoms with Gasteiger partial charge in [-0.15, -0.1) is 0 Å². The molecule has 1 aliphatic rings. The van der Waals surface area contributed by atoms with Gasteiger partial charge < -0.3 is 9.30 Å². The number of methoxy groups -OCH3 is 1. The molecule has 20 heavy (non-hydrogen) atoms. The number of rotatable bonds is 5. The van der Waals surface area contributed by atoms with Gasteiger partial charge in [-0.1, -0.05) is 0 Å². The van der Waals surface area contributed by atoms with E-state index >= 15 is 0 Å². The van der Waals surface area contributed by atoms with E-state index < -0.39 is 0 Å². The van der Waals surface area contributed by atoms with Gasteiger partial charge in [-0.05, 0) is 46.9 Å². The zero-order valence-corrected chi connectivity index (χ0v) is 12.8. The first-order valence-corrected chi connectivity index (χ1v) is 8.16. The van der Waals surface area contributed by atoms with Crippen molar-refractivity contribution in [2.75, 3.05) is 20.3 Å². The van der Waals surface area contributed by atoms with Crippen molar-refractivity contribution < 1.29 is 4.74 Å². The molecule has 0 saturated carbocycles. The summed E-state index contributed by atoms with van der Waals surface area (Å²) < 4.78 is 7.68. The third-order valence-electron chi connectivity index (χ3n) is 4.00. The summed E-state index contributed by atoms with van der Waals surface area (Å²) in [7, 11) is 1.79. The van der Waals surface area contributed by atoms with Gasteiger partial charge in [-0.2, -0.15) is 11.3 Å². The molecule has 0 spiro atoms. The highest BCUT2D eigenvalue weighted by Gasteiger charge is 2.21. The molecule has 3 nitrogen and oxygen atoms in total. The monoisotopic (exact) mass is 290 g/mol. The summed E-state index contributed by atoms with van der Waals surface area (Å²) in [6, 6.07) is 6.65. The summed E-state index contributed by atoms with van der Waals surface area (Å²) in [5, 5.41) is 4.42. The molecular weight excluding hydrogens is 268 g/mol. The van der Waals surface area contributed by atoms with Crippen LogP contribution < -0.4 is 0 Å². The zero-order chi connectivity index (χ0) is 13.8. The smallest absolute Gasteiger partial charge is 0.0466 e. The Morgan fingerprint density at radius 1 is 1.35 bits per heavy atom. The quantitative estimate of drug-likeness (QED) is 0.841. The number of nitrogens with zero attached hydrogens (tertiary/aromatic N) is 2. The highest BCUT2D eigenvalue weighted by Crippen LogP contribution is 2.21. The molecule has 0 bridgehead atoms. The topological polar surface area (TPSA) is 17.4 Å². The second-order valence-electron chi connectivity index (χ2n) is 5.60. The minimum atomic E-state index is 0.669. The van der Waals surface area contributed by atoms with Crippen LogP contribution in [0.25, 0.3) is 0 Å². The fourth-order valence-electron chi connectivity index (χ4n) is 2.99. The van der Waals surface area contributed by atoms with Crippen LogP contribution >= 0.6 is 11.3 Å². The lowest BCUT2D eigenvalue weighted by molar-refractivity contribution is 0.151. The largest absolute Gasteiger partial charge is 0.385 e. The van der Waals surface area contributed by atoms with Crippen LogP contribution in [0.4, 0.5) is 0 Å². The molecule has 0 aromatic carbocycles. The van der Waals surface area contributed by atoms with Gasteiger partial charge in [0.15, 0.2) is 0 Å². The first-order chi connectivity index (χ1) is 9.85. The Labute approximate surface area is 124 Å². The second kappa shape index (κ2) is 6.57. The lowest BCUT2D eigenvalue weighted by Gasteiger charge is -2.23. The fraction of sp³-hybridized carbons (Fsp3) is 0.500. The summed E-state index contributed by atoms with van der Waals surface area (Å²) in [5.74, 6) is 0.669. The molecule has 4 heteroatoms. The van der Waals surface area contributed by atoms with E-state index in [-0.39, 0.29) is 0 Å². The molecule has 0 fully saturated rings. The number of hydrogen-bond donors (Lipinski definition) is 0. The van der Waals surface area contributed by atoms with E-state index in [0.29, 0.717) is 5.92 Å². The Morgan fingerprint density at radius 3 is 3.10 bits per heavy atom. The number of hydrogen-bond acceptors (Lipinski definition) is 3. The molecule has 0 N–H and O–H groups in total. The molecule has 1 unspecified atom stereocenters. The lowest BCUT2D eigenvalue weighted by Crippen LogP contribution is -2.28. The summed E-state index contributed by atoms with van der Waals surface area (Å²) in [4.78, 5) is 2.57. The maximum Gasteiger partial charge on any atom is 0.0466 e. The molecule has 108 valence electrons. The standard InChI is InChI=1S/C16H22N2OS/c1-19-7-4-14-9-17(10-15-5-8-20-13-15)12-16-3-2-6-18(16)11-14/h2-3,5-6,8,13-14H,4,7,9-12H2,1H3. The van der Waals surface area contributed by atoms with Gasteiger partial charge in [-0.25, -0.2) is 0 Å².